The van der Waals surface area contributed by atoms with E-state index in [-0.39, 0.29) is 12.5 Å². The molecule has 0 saturated heterocycles. The molecule has 0 aliphatic rings. The Kier molecular flexibility index (Phi) is 7.81. The van der Waals surface area contributed by atoms with Crippen LogP contribution in [-0.4, -0.2) is 34.1 Å². The van der Waals surface area contributed by atoms with Crippen LogP contribution < -0.4 is 10.9 Å². The molecule has 0 unspecified atom stereocenters. The van der Waals surface area contributed by atoms with E-state index in [1.54, 1.807) is 24.5 Å². The Morgan fingerprint density at radius 3 is 2.95 bits per heavy atom. The number of rotatable bonds is 10. The monoisotopic (exact) mass is 294 g/mol. The topological polar surface area (TPSA) is 94.6 Å². The minimum atomic E-state index is -0.462. The molecule has 2 amide bonds. The number of hydrogen-bond acceptors (Lipinski definition) is 5. The van der Waals surface area contributed by atoms with Crippen LogP contribution in [0.5, 0.6) is 0 Å². The Morgan fingerprint density at radius 2 is 2.33 bits per heavy atom. The van der Waals surface area contributed by atoms with Crippen LogP contribution in [-0.2, 0) is 9.59 Å². The Balaban J connectivity index is 2.50. The fourth-order valence-electron chi connectivity index (χ4n) is 1.89. The van der Waals surface area contributed by atoms with Gasteiger partial charge in [-0.1, -0.05) is 26.2 Å². The number of nitrogens with zero attached hydrogens (tertiary/aromatic N) is 2. The quantitative estimate of drug-likeness (QED) is 0.263. The van der Waals surface area contributed by atoms with E-state index in [0.29, 0.717) is 23.6 Å². The molecule has 1 aromatic rings. The van der Waals surface area contributed by atoms with Gasteiger partial charge in [0.1, 0.15) is 0 Å². The third-order valence-corrected chi connectivity index (χ3v) is 3.05. The summed E-state index contributed by atoms with van der Waals surface area (Å²) < 4.78 is 0. The van der Waals surface area contributed by atoms with Gasteiger partial charge in [0.05, 0.1) is 24.3 Å². The van der Waals surface area contributed by atoms with Crippen LogP contribution in [0, 0.1) is 5.92 Å². The fraction of sp³-hybridized carbons (Fsp3) is 0.500. The van der Waals surface area contributed by atoms with E-state index in [1.165, 1.54) is 0 Å². The lowest BCUT2D eigenvalue weighted by Gasteiger charge is -2.20. The highest BCUT2D eigenvalue weighted by atomic mass is 16.5. The van der Waals surface area contributed by atoms with Gasteiger partial charge < -0.3 is 0 Å². The summed E-state index contributed by atoms with van der Waals surface area (Å²) in [5.41, 5.74) is 5.99. The SMILES string of the molecule is CCCCC[C@@H](CN(O)C=O)C(=O)NNc1cccnc1. The minimum Gasteiger partial charge on any atom is -0.297 e. The normalized spacial score (nSPS) is 11.5. The van der Waals surface area contributed by atoms with E-state index in [2.05, 4.69) is 22.8 Å². The largest absolute Gasteiger partial charge is 0.297 e. The zero-order chi connectivity index (χ0) is 15.5. The van der Waals surface area contributed by atoms with Crippen LogP contribution in [0.2, 0.25) is 0 Å². The van der Waals surface area contributed by atoms with Gasteiger partial charge in [-0.25, -0.2) is 5.06 Å². The van der Waals surface area contributed by atoms with Gasteiger partial charge in [0.15, 0.2) is 0 Å². The summed E-state index contributed by atoms with van der Waals surface area (Å²) >= 11 is 0. The van der Waals surface area contributed by atoms with Crippen molar-refractivity contribution in [3.63, 3.8) is 0 Å². The van der Waals surface area contributed by atoms with E-state index < -0.39 is 5.92 Å². The van der Waals surface area contributed by atoms with Crippen LogP contribution in [0.3, 0.4) is 0 Å². The third-order valence-electron chi connectivity index (χ3n) is 3.05. The highest BCUT2D eigenvalue weighted by Gasteiger charge is 2.20. The zero-order valence-electron chi connectivity index (χ0n) is 12.2. The van der Waals surface area contributed by atoms with Gasteiger partial charge in [-0.15, -0.1) is 0 Å². The zero-order valence-corrected chi connectivity index (χ0v) is 12.2. The molecule has 116 valence electrons. The summed E-state index contributed by atoms with van der Waals surface area (Å²) in [6, 6.07) is 3.51. The average Bonchev–Trinajstić information content (AvgIpc) is 2.52. The molecule has 1 atom stereocenters. The minimum absolute atomic E-state index is 0.0201. The van der Waals surface area contributed by atoms with Crippen LogP contribution in [0.4, 0.5) is 5.69 Å². The first-order valence-electron chi connectivity index (χ1n) is 7.04. The Labute approximate surface area is 124 Å². The molecule has 0 saturated carbocycles. The van der Waals surface area contributed by atoms with Crippen molar-refractivity contribution in [3.8, 4) is 0 Å². The summed E-state index contributed by atoms with van der Waals surface area (Å²) in [6.07, 6.45) is 7.04. The number of hydroxylamine groups is 2. The molecule has 1 rings (SSSR count). The molecule has 21 heavy (non-hydrogen) atoms. The predicted octanol–water partition coefficient (Wildman–Crippen LogP) is 1.57. The summed E-state index contributed by atoms with van der Waals surface area (Å²) in [6.45, 7) is 2.05. The number of anilines is 1. The molecule has 0 aromatic carbocycles. The number of hydrogen-bond donors (Lipinski definition) is 3. The second-order valence-electron chi connectivity index (χ2n) is 4.78. The van der Waals surface area contributed by atoms with Crippen molar-refractivity contribution in [2.45, 2.75) is 32.6 Å². The number of pyridine rings is 1. The Hall–Kier alpha value is -2.15. The summed E-state index contributed by atoms with van der Waals surface area (Å²) in [5, 5.41) is 9.77. The molecule has 1 heterocycles. The van der Waals surface area contributed by atoms with Gasteiger partial charge in [-0.2, -0.15) is 0 Å². The lowest BCUT2D eigenvalue weighted by atomic mass is 10.0. The molecule has 0 bridgehead atoms. The molecule has 3 N–H and O–H groups in total. The first-order valence-corrected chi connectivity index (χ1v) is 7.04. The fourth-order valence-corrected chi connectivity index (χ4v) is 1.89. The second kappa shape index (κ2) is 9.71. The first kappa shape index (κ1) is 16.9. The number of unbranched alkanes of at least 4 members (excludes halogenated alkanes) is 2. The molecule has 1 aromatic heterocycles. The van der Waals surface area contributed by atoms with E-state index in [9.17, 15) is 14.8 Å². The van der Waals surface area contributed by atoms with Gasteiger partial charge in [-0.05, 0) is 18.6 Å². The maximum Gasteiger partial charge on any atom is 0.243 e. The predicted molar refractivity (Wildman–Crippen MR) is 78.2 cm³/mol. The number of hydrazine groups is 1. The van der Waals surface area contributed by atoms with Crippen LogP contribution in [0.1, 0.15) is 32.6 Å². The van der Waals surface area contributed by atoms with Gasteiger partial charge in [-0.3, -0.25) is 30.6 Å². The maximum atomic E-state index is 12.1. The number of amides is 2. The lowest BCUT2D eigenvalue weighted by Crippen LogP contribution is -2.40. The van der Waals surface area contributed by atoms with Crippen molar-refractivity contribution in [1.29, 1.82) is 0 Å². The van der Waals surface area contributed by atoms with E-state index in [0.717, 1.165) is 19.3 Å². The van der Waals surface area contributed by atoms with Crippen molar-refractivity contribution in [1.82, 2.24) is 15.5 Å². The van der Waals surface area contributed by atoms with Crippen molar-refractivity contribution in [3.05, 3.63) is 24.5 Å². The number of carbonyl (C=O) groups is 2. The molecule has 0 fully saturated rings. The number of carbonyl (C=O) groups excluding carboxylic acids is 2. The van der Waals surface area contributed by atoms with Crippen molar-refractivity contribution in [2.75, 3.05) is 12.0 Å². The number of aromatic nitrogens is 1. The summed E-state index contributed by atoms with van der Waals surface area (Å²) in [5.74, 6) is -0.730. The Morgan fingerprint density at radius 1 is 1.52 bits per heavy atom. The van der Waals surface area contributed by atoms with Crippen molar-refractivity contribution < 1.29 is 14.8 Å². The highest BCUT2D eigenvalue weighted by molar-refractivity contribution is 5.80. The third kappa shape index (κ3) is 6.71. The number of nitrogens with one attached hydrogen (secondary N) is 2. The van der Waals surface area contributed by atoms with Gasteiger partial charge >= 0.3 is 0 Å². The average molecular weight is 294 g/mol. The van der Waals surface area contributed by atoms with E-state index >= 15 is 0 Å². The molecule has 0 spiro atoms. The molecule has 0 radical (unpaired) electrons. The van der Waals surface area contributed by atoms with E-state index in [1.807, 2.05) is 0 Å². The smallest absolute Gasteiger partial charge is 0.243 e. The first-order chi connectivity index (χ1) is 10.2. The lowest BCUT2D eigenvalue weighted by molar-refractivity contribution is -0.154. The molecule has 7 heteroatoms. The van der Waals surface area contributed by atoms with Crippen molar-refractivity contribution >= 4 is 18.0 Å². The maximum absolute atomic E-state index is 12.1. The molecule has 7 nitrogen and oxygen atoms in total. The Bertz CT molecular complexity index is 427. The van der Waals surface area contributed by atoms with Crippen LogP contribution >= 0.6 is 0 Å². The second-order valence-corrected chi connectivity index (χ2v) is 4.78. The van der Waals surface area contributed by atoms with Crippen LogP contribution in [0.25, 0.3) is 0 Å². The molecule has 0 aliphatic carbocycles. The standard InChI is InChI=1S/C14H22N4O3/c1-2-3-4-6-12(10-18(21)11-19)14(20)17-16-13-7-5-8-15-9-13/h5,7-9,11-12,16,21H,2-4,6,10H2,1H3,(H,17,20)/t12-/m0/s1. The highest BCUT2D eigenvalue weighted by Crippen LogP contribution is 2.11. The van der Waals surface area contributed by atoms with Gasteiger partial charge in [0.25, 0.3) is 0 Å². The van der Waals surface area contributed by atoms with Crippen molar-refractivity contribution in [2.24, 2.45) is 5.92 Å². The van der Waals surface area contributed by atoms with Gasteiger partial charge in [0, 0.05) is 6.20 Å². The molecular weight excluding hydrogens is 272 g/mol. The van der Waals surface area contributed by atoms with Crippen LogP contribution in [0.15, 0.2) is 24.5 Å². The summed E-state index contributed by atoms with van der Waals surface area (Å²) in [4.78, 5) is 26.5. The summed E-state index contributed by atoms with van der Waals surface area (Å²) in [7, 11) is 0. The molecular formula is C14H22N4O3. The van der Waals surface area contributed by atoms with E-state index in [4.69, 9.17) is 0 Å². The molecule has 0 aliphatic heterocycles. The van der Waals surface area contributed by atoms with Gasteiger partial charge in [0.2, 0.25) is 12.3 Å².